The fraction of sp³-hybridized carbons (Fsp3) is 1.00. The lowest BCUT2D eigenvalue weighted by Gasteiger charge is -2.25. The summed E-state index contributed by atoms with van der Waals surface area (Å²) in [6.45, 7) is 2.06. The third-order valence-electron chi connectivity index (χ3n) is 1.75. The van der Waals surface area contributed by atoms with E-state index < -0.39 is 23.7 Å². The molecule has 11 heavy (non-hydrogen) atoms. The summed E-state index contributed by atoms with van der Waals surface area (Å²) in [5.74, 6) is -0.321. The molecule has 1 atom stereocenters. The third-order valence-corrected chi connectivity index (χ3v) is 1.75. The molecule has 66 valence electrons. The largest absolute Gasteiger partial charge is 0.393 e. The zero-order valence-electron chi connectivity index (χ0n) is 6.65. The molecule has 0 saturated heterocycles. The van der Waals surface area contributed by atoms with Gasteiger partial charge < -0.3 is 10.2 Å². The van der Waals surface area contributed by atoms with Gasteiger partial charge in [-0.05, 0) is 5.92 Å². The van der Waals surface area contributed by atoms with Crippen molar-refractivity contribution in [1.82, 2.24) is 0 Å². The first-order valence-electron chi connectivity index (χ1n) is 3.37. The average Bonchev–Trinajstić information content (AvgIpc) is 1.86. The molecule has 0 radical (unpaired) electrons. The SMILES string of the molecule is CC(C)C(O)(CO)C[N+](=O)[O-]. The van der Waals surface area contributed by atoms with Crippen LogP contribution in [0.2, 0.25) is 0 Å². The molecule has 0 spiro atoms. The number of rotatable bonds is 4. The van der Waals surface area contributed by atoms with Crippen molar-refractivity contribution >= 4 is 0 Å². The molecule has 0 aliphatic heterocycles. The van der Waals surface area contributed by atoms with Crippen molar-refractivity contribution in [2.24, 2.45) is 5.92 Å². The lowest BCUT2D eigenvalue weighted by atomic mass is 9.91. The van der Waals surface area contributed by atoms with Crippen molar-refractivity contribution in [3.63, 3.8) is 0 Å². The van der Waals surface area contributed by atoms with Crippen LogP contribution in [0.15, 0.2) is 0 Å². The highest BCUT2D eigenvalue weighted by Gasteiger charge is 2.35. The smallest absolute Gasteiger partial charge is 0.234 e. The van der Waals surface area contributed by atoms with Crippen LogP contribution < -0.4 is 0 Å². The van der Waals surface area contributed by atoms with E-state index in [2.05, 4.69) is 0 Å². The molecule has 0 aromatic rings. The van der Waals surface area contributed by atoms with Gasteiger partial charge in [-0.25, -0.2) is 0 Å². The predicted octanol–water partition coefficient (Wildman–Crippen LogP) is -0.357. The maximum Gasteiger partial charge on any atom is 0.234 e. The monoisotopic (exact) mass is 163 g/mol. The molecule has 0 fully saturated rings. The van der Waals surface area contributed by atoms with Crippen molar-refractivity contribution in [1.29, 1.82) is 0 Å². The van der Waals surface area contributed by atoms with Gasteiger partial charge in [-0.2, -0.15) is 0 Å². The molecule has 0 heterocycles. The summed E-state index contributed by atoms with van der Waals surface area (Å²) in [6, 6.07) is 0. The van der Waals surface area contributed by atoms with Crippen molar-refractivity contribution < 1.29 is 15.1 Å². The molecule has 0 aromatic carbocycles. The second-order valence-corrected chi connectivity index (χ2v) is 2.91. The Morgan fingerprint density at radius 1 is 1.64 bits per heavy atom. The molecular formula is C6H13NO4. The molecule has 0 aliphatic carbocycles. The number of hydrogen-bond acceptors (Lipinski definition) is 4. The molecule has 0 aliphatic rings. The quantitative estimate of drug-likeness (QED) is 0.438. The number of aliphatic hydroxyl groups is 2. The molecule has 0 bridgehead atoms. The minimum absolute atomic E-state index is 0.321. The van der Waals surface area contributed by atoms with Gasteiger partial charge in [0.05, 0.1) is 6.61 Å². The molecule has 0 aromatic heterocycles. The van der Waals surface area contributed by atoms with Crippen molar-refractivity contribution in [3.8, 4) is 0 Å². The summed E-state index contributed by atoms with van der Waals surface area (Å²) in [5, 5.41) is 28.0. The zero-order chi connectivity index (χ0) is 9.07. The van der Waals surface area contributed by atoms with Gasteiger partial charge in [0.1, 0.15) is 0 Å². The minimum Gasteiger partial charge on any atom is -0.393 e. The van der Waals surface area contributed by atoms with Crippen LogP contribution in [-0.2, 0) is 0 Å². The van der Waals surface area contributed by atoms with E-state index in [1.54, 1.807) is 13.8 Å². The highest BCUT2D eigenvalue weighted by molar-refractivity contribution is 4.79. The Hall–Kier alpha value is -0.680. The average molecular weight is 163 g/mol. The van der Waals surface area contributed by atoms with E-state index in [4.69, 9.17) is 5.11 Å². The minimum atomic E-state index is -1.58. The fourth-order valence-electron chi connectivity index (χ4n) is 0.639. The Morgan fingerprint density at radius 2 is 2.09 bits per heavy atom. The normalized spacial score (nSPS) is 16.5. The van der Waals surface area contributed by atoms with Crippen LogP contribution in [0, 0.1) is 16.0 Å². The fourth-order valence-corrected chi connectivity index (χ4v) is 0.639. The van der Waals surface area contributed by atoms with Crippen LogP contribution in [0.25, 0.3) is 0 Å². The van der Waals surface area contributed by atoms with Gasteiger partial charge in [0.15, 0.2) is 5.60 Å². The zero-order valence-corrected chi connectivity index (χ0v) is 6.65. The summed E-state index contributed by atoms with van der Waals surface area (Å²) < 4.78 is 0. The van der Waals surface area contributed by atoms with E-state index in [1.165, 1.54) is 0 Å². The summed E-state index contributed by atoms with van der Waals surface area (Å²) >= 11 is 0. The van der Waals surface area contributed by atoms with Crippen LogP contribution in [-0.4, -0.2) is 33.9 Å². The predicted molar refractivity (Wildman–Crippen MR) is 38.7 cm³/mol. The molecule has 2 N–H and O–H groups in total. The van der Waals surface area contributed by atoms with E-state index in [1.807, 2.05) is 0 Å². The van der Waals surface area contributed by atoms with Crippen molar-refractivity contribution in [2.45, 2.75) is 19.4 Å². The maximum atomic E-state index is 10.0. The van der Waals surface area contributed by atoms with Crippen LogP contribution in [0.4, 0.5) is 0 Å². The van der Waals surface area contributed by atoms with Gasteiger partial charge >= 0.3 is 0 Å². The Labute approximate surface area is 64.8 Å². The third kappa shape index (κ3) is 2.81. The first kappa shape index (κ1) is 10.3. The second-order valence-electron chi connectivity index (χ2n) is 2.91. The molecule has 0 amide bonds. The van der Waals surface area contributed by atoms with Gasteiger partial charge in [0.25, 0.3) is 0 Å². The van der Waals surface area contributed by atoms with E-state index in [0.717, 1.165) is 0 Å². The first-order valence-corrected chi connectivity index (χ1v) is 3.37. The standard InChI is InChI=1S/C6H13NO4/c1-5(2)6(9,4-8)3-7(10)11/h5,8-9H,3-4H2,1-2H3. The second kappa shape index (κ2) is 3.64. The molecule has 0 rings (SSSR count). The number of hydrogen-bond donors (Lipinski definition) is 2. The summed E-state index contributed by atoms with van der Waals surface area (Å²) in [4.78, 5) is 9.38. The van der Waals surface area contributed by atoms with Gasteiger partial charge in [-0.3, -0.25) is 10.1 Å². The number of aliphatic hydroxyl groups excluding tert-OH is 1. The number of nitrogens with zero attached hydrogens (tertiary/aromatic N) is 1. The van der Waals surface area contributed by atoms with Crippen molar-refractivity contribution in [2.75, 3.05) is 13.2 Å². The van der Waals surface area contributed by atoms with Gasteiger partial charge in [-0.1, -0.05) is 13.8 Å². The van der Waals surface area contributed by atoms with E-state index in [9.17, 15) is 15.2 Å². The lowest BCUT2D eigenvalue weighted by Crippen LogP contribution is -2.45. The van der Waals surface area contributed by atoms with Crippen LogP contribution in [0.3, 0.4) is 0 Å². The number of nitro groups is 1. The Kier molecular flexibility index (Phi) is 3.41. The molecule has 5 nitrogen and oxygen atoms in total. The van der Waals surface area contributed by atoms with E-state index in [0.29, 0.717) is 0 Å². The highest BCUT2D eigenvalue weighted by atomic mass is 16.6. The van der Waals surface area contributed by atoms with Gasteiger partial charge in [-0.15, -0.1) is 0 Å². The Bertz CT molecular complexity index is 148. The van der Waals surface area contributed by atoms with Crippen LogP contribution in [0.5, 0.6) is 0 Å². The first-order chi connectivity index (χ1) is 4.92. The lowest BCUT2D eigenvalue weighted by molar-refractivity contribution is -0.504. The Morgan fingerprint density at radius 3 is 2.18 bits per heavy atom. The summed E-state index contributed by atoms with van der Waals surface area (Å²) in [7, 11) is 0. The summed E-state index contributed by atoms with van der Waals surface area (Å²) in [5.41, 5.74) is -1.58. The summed E-state index contributed by atoms with van der Waals surface area (Å²) in [6.07, 6.45) is 0. The van der Waals surface area contributed by atoms with E-state index in [-0.39, 0.29) is 5.92 Å². The van der Waals surface area contributed by atoms with Gasteiger partial charge in [0.2, 0.25) is 6.54 Å². The molecule has 0 saturated carbocycles. The molecular weight excluding hydrogens is 150 g/mol. The van der Waals surface area contributed by atoms with Crippen LogP contribution >= 0.6 is 0 Å². The van der Waals surface area contributed by atoms with Crippen LogP contribution in [0.1, 0.15) is 13.8 Å². The van der Waals surface area contributed by atoms with E-state index >= 15 is 0 Å². The Balaban J connectivity index is 4.22. The highest BCUT2D eigenvalue weighted by Crippen LogP contribution is 2.15. The van der Waals surface area contributed by atoms with Gasteiger partial charge in [0, 0.05) is 4.92 Å². The molecule has 5 heteroatoms. The topological polar surface area (TPSA) is 83.6 Å². The molecule has 1 unspecified atom stereocenters. The maximum absolute atomic E-state index is 10.0. The van der Waals surface area contributed by atoms with Crippen molar-refractivity contribution in [3.05, 3.63) is 10.1 Å².